The van der Waals surface area contributed by atoms with Crippen LogP contribution in [0.25, 0.3) is 11.1 Å². The number of ether oxygens (including phenoxy) is 4. The molecule has 0 spiro atoms. The standard InChI is InChI=1S/C58H92O6/c1-7-13-17-21-25-29-33-37-41-61-53-45-49-50-46-54(62-42-38-34-30-26-22-18-14-8-2)56(64-44-40-36-32-28-24-20-16-10-4)48-52(50)58(60,12-6)57(59,11-5)51(49)47-55(53)63-43-39-35-31-27-23-19-15-9-3/h5-6,45-48,59-60H,7-10,13-44H2,1-4H3. The third-order valence-corrected chi connectivity index (χ3v) is 13.2. The lowest BCUT2D eigenvalue weighted by Gasteiger charge is -2.43. The molecule has 1 aliphatic rings. The average Bonchev–Trinajstić information content (AvgIpc) is 3.31. The predicted molar refractivity (Wildman–Crippen MR) is 270 cm³/mol. The third kappa shape index (κ3) is 18.2. The van der Waals surface area contributed by atoms with Gasteiger partial charge in [-0.15, -0.1) is 12.8 Å². The molecular formula is C58H92O6. The molecule has 0 radical (unpaired) electrons. The summed E-state index contributed by atoms with van der Waals surface area (Å²) in [5.41, 5.74) is -2.62. The Hall–Kier alpha value is -3.32. The minimum Gasteiger partial charge on any atom is -0.490 e. The molecule has 0 saturated carbocycles. The Kier molecular flexibility index (Phi) is 28.5. The number of hydrogen-bond donors (Lipinski definition) is 2. The molecule has 64 heavy (non-hydrogen) atoms. The van der Waals surface area contributed by atoms with Crippen LogP contribution in [-0.4, -0.2) is 36.6 Å². The van der Waals surface area contributed by atoms with E-state index in [4.69, 9.17) is 31.8 Å². The van der Waals surface area contributed by atoms with Crippen molar-refractivity contribution in [3.05, 3.63) is 35.4 Å². The maximum atomic E-state index is 12.5. The Morgan fingerprint density at radius 2 is 0.547 bits per heavy atom. The molecule has 0 amide bonds. The second-order valence-corrected chi connectivity index (χ2v) is 18.7. The Bertz CT molecular complexity index is 1500. The summed E-state index contributed by atoms with van der Waals surface area (Å²) in [5.74, 6) is 7.25. The fraction of sp³-hybridized carbons (Fsp3) is 0.724. The second-order valence-electron chi connectivity index (χ2n) is 18.7. The van der Waals surface area contributed by atoms with Gasteiger partial charge in [0.05, 0.1) is 26.4 Å². The Morgan fingerprint density at radius 1 is 0.344 bits per heavy atom. The van der Waals surface area contributed by atoms with E-state index in [-0.39, 0.29) is 0 Å². The Morgan fingerprint density at radius 3 is 0.766 bits per heavy atom. The van der Waals surface area contributed by atoms with Gasteiger partial charge in [0, 0.05) is 11.1 Å². The Balaban J connectivity index is 1.95. The molecular weight excluding hydrogens is 793 g/mol. The molecule has 6 nitrogen and oxygen atoms in total. The molecule has 2 N–H and O–H groups in total. The molecule has 2 aromatic rings. The van der Waals surface area contributed by atoms with Crippen LogP contribution in [-0.2, 0) is 11.2 Å². The van der Waals surface area contributed by atoms with E-state index in [1.807, 2.05) is 12.1 Å². The maximum absolute atomic E-state index is 12.5. The van der Waals surface area contributed by atoms with Crippen molar-refractivity contribution in [1.29, 1.82) is 0 Å². The smallest absolute Gasteiger partial charge is 0.196 e. The number of hydrogen-bond acceptors (Lipinski definition) is 6. The van der Waals surface area contributed by atoms with Gasteiger partial charge < -0.3 is 29.2 Å². The van der Waals surface area contributed by atoms with Crippen molar-refractivity contribution in [3.8, 4) is 58.8 Å². The molecule has 2 atom stereocenters. The molecule has 2 unspecified atom stereocenters. The van der Waals surface area contributed by atoms with E-state index >= 15 is 0 Å². The van der Waals surface area contributed by atoms with Crippen LogP contribution in [0.5, 0.6) is 23.0 Å². The molecule has 1 aliphatic carbocycles. The number of fused-ring (bicyclic) bond motifs is 3. The highest BCUT2D eigenvalue weighted by molar-refractivity contribution is 5.83. The summed E-state index contributed by atoms with van der Waals surface area (Å²) in [6.07, 6.45) is 50.7. The van der Waals surface area contributed by atoms with Crippen molar-refractivity contribution in [2.24, 2.45) is 0 Å². The van der Waals surface area contributed by atoms with Crippen molar-refractivity contribution in [2.45, 2.75) is 244 Å². The van der Waals surface area contributed by atoms with Gasteiger partial charge in [0.15, 0.2) is 34.2 Å². The molecule has 0 bridgehead atoms. The minimum atomic E-state index is -2.26. The summed E-state index contributed by atoms with van der Waals surface area (Å²) >= 11 is 0. The minimum absolute atomic E-state index is 0.315. The van der Waals surface area contributed by atoms with Crippen molar-refractivity contribution in [1.82, 2.24) is 0 Å². The number of benzene rings is 2. The van der Waals surface area contributed by atoms with Crippen LogP contribution in [0.1, 0.15) is 244 Å². The predicted octanol–water partition coefficient (Wildman–Crippen LogP) is 16.1. The molecule has 360 valence electrons. The monoisotopic (exact) mass is 885 g/mol. The first-order chi connectivity index (χ1) is 31.3. The molecule has 0 saturated heterocycles. The topological polar surface area (TPSA) is 77.4 Å². The lowest BCUT2D eigenvalue weighted by Crippen LogP contribution is -2.50. The quantitative estimate of drug-likeness (QED) is 0.0513. The van der Waals surface area contributed by atoms with Crippen LogP contribution in [0.2, 0.25) is 0 Å². The highest BCUT2D eigenvalue weighted by Crippen LogP contribution is 2.56. The molecule has 3 rings (SSSR count). The zero-order valence-electron chi connectivity index (χ0n) is 41.4. The summed E-state index contributed by atoms with van der Waals surface area (Å²) in [6.45, 7) is 11.1. The summed E-state index contributed by atoms with van der Waals surface area (Å²) < 4.78 is 26.1. The van der Waals surface area contributed by atoms with Crippen LogP contribution in [0, 0.1) is 24.7 Å². The van der Waals surface area contributed by atoms with E-state index in [9.17, 15) is 10.2 Å². The van der Waals surface area contributed by atoms with E-state index < -0.39 is 11.2 Å². The Labute approximate surface area is 392 Å². The molecule has 2 aromatic carbocycles. The number of rotatable bonds is 40. The summed E-state index contributed by atoms with van der Waals surface area (Å²) in [6, 6.07) is 7.34. The average molecular weight is 885 g/mol. The van der Waals surface area contributed by atoms with Gasteiger partial charge >= 0.3 is 0 Å². The van der Waals surface area contributed by atoms with Crippen molar-refractivity contribution in [3.63, 3.8) is 0 Å². The fourth-order valence-corrected chi connectivity index (χ4v) is 9.04. The second kappa shape index (κ2) is 33.2. The number of terminal acetylenes is 2. The van der Waals surface area contributed by atoms with Gasteiger partial charge in [0.1, 0.15) is 0 Å². The van der Waals surface area contributed by atoms with E-state index in [0.717, 1.165) is 51.4 Å². The van der Waals surface area contributed by atoms with Crippen molar-refractivity contribution >= 4 is 0 Å². The molecule has 0 fully saturated rings. The summed E-state index contributed by atoms with van der Waals surface area (Å²) in [5, 5.41) is 25.0. The lowest BCUT2D eigenvalue weighted by molar-refractivity contribution is -0.0903. The summed E-state index contributed by atoms with van der Waals surface area (Å²) in [4.78, 5) is 0. The van der Waals surface area contributed by atoms with Crippen LogP contribution in [0.15, 0.2) is 24.3 Å². The first kappa shape index (κ1) is 55.0. The molecule has 0 aromatic heterocycles. The van der Waals surface area contributed by atoms with Gasteiger partial charge in [-0.2, -0.15) is 0 Å². The highest BCUT2D eigenvalue weighted by atomic mass is 16.5. The van der Waals surface area contributed by atoms with Crippen LogP contribution in [0.4, 0.5) is 0 Å². The first-order valence-corrected chi connectivity index (χ1v) is 26.6. The summed E-state index contributed by atoms with van der Waals surface area (Å²) in [7, 11) is 0. The first-order valence-electron chi connectivity index (χ1n) is 26.6. The van der Waals surface area contributed by atoms with E-state index in [1.165, 1.54) is 154 Å². The number of aliphatic hydroxyl groups is 2. The molecule has 0 aliphatic heterocycles. The van der Waals surface area contributed by atoms with Gasteiger partial charge in [-0.05, 0) is 61.1 Å². The van der Waals surface area contributed by atoms with Gasteiger partial charge in [-0.3, -0.25) is 0 Å². The highest BCUT2D eigenvalue weighted by Gasteiger charge is 2.56. The van der Waals surface area contributed by atoms with Crippen molar-refractivity contribution < 1.29 is 29.2 Å². The largest absolute Gasteiger partial charge is 0.490 e. The molecule has 6 heteroatoms. The zero-order chi connectivity index (χ0) is 46.1. The molecule has 0 heterocycles. The van der Waals surface area contributed by atoms with Crippen LogP contribution < -0.4 is 18.9 Å². The van der Waals surface area contributed by atoms with Crippen LogP contribution >= 0.6 is 0 Å². The van der Waals surface area contributed by atoms with Gasteiger partial charge in [0.25, 0.3) is 0 Å². The van der Waals surface area contributed by atoms with Gasteiger partial charge in [-0.25, -0.2) is 0 Å². The van der Waals surface area contributed by atoms with Crippen LogP contribution in [0.3, 0.4) is 0 Å². The fourth-order valence-electron chi connectivity index (χ4n) is 9.04. The van der Waals surface area contributed by atoms with E-state index in [0.29, 0.717) is 71.7 Å². The number of unbranched alkanes of at least 4 members (excludes halogenated alkanes) is 28. The van der Waals surface area contributed by atoms with Crippen molar-refractivity contribution in [2.75, 3.05) is 26.4 Å². The zero-order valence-corrected chi connectivity index (χ0v) is 41.4. The SMILES string of the molecule is C#CC1(O)c2cc(OCCCCCCCCCC)c(OCCCCCCCCCC)cc2-c2cc(OCCCCCCCCCC)c(OCCCCCCCCCC)cc2C1(O)C#C. The van der Waals surface area contributed by atoms with E-state index in [2.05, 4.69) is 39.5 Å². The van der Waals surface area contributed by atoms with Gasteiger partial charge in [0.2, 0.25) is 0 Å². The van der Waals surface area contributed by atoms with E-state index in [1.54, 1.807) is 12.1 Å². The van der Waals surface area contributed by atoms with Gasteiger partial charge in [-0.1, -0.05) is 219 Å². The normalized spacial score (nSPS) is 16.4. The lowest BCUT2D eigenvalue weighted by atomic mass is 9.66. The maximum Gasteiger partial charge on any atom is 0.196 e. The third-order valence-electron chi connectivity index (χ3n) is 13.2.